The second kappa shape index (κ2) is 6.34. The maximum atomic E-state index is 11.3. The van der Waals surface area contributed by atoms with E-state index in [2.05, 4.69) is 4.98 Å². The zero-order chi connectivity index (χ0) is 16.4. The van der Waals surface area contributed by atoms with Gasteiger partial charge in [0.05, 0.1) is 7.11 Å². The zero-order valence-corrected chi connectivity index (χ0v) is 13.3. The average molecular weight is 329 g/mol. The van der Waals surface area contributed by atoms with E-state index in [4.69, 9.17) is 16.3 Å². The van der Waals surface area contributed by atoms with Gasteiger partial charge in [-0.3, -0.25) is 0 Å². The Kier molecular flexibility index (Phi) is 4.26. The Morgan fingerprint density at radius 1 is 1.26 bits per heavy atom. The maximum absolute atomic E-state index is 11.3. The molecule has 0 spiro atoms. The van der Waals surface area contributed by atoms with E-state index in [-0.39, 0.29) is 12.3 Å². The molecule has 118 valence electrons. The predicted octanol–water partition coefficient (Wildman–Crippen LogP) is 3.10. The summed E-state index contributed by atoms with van der Waals surface area (Å²) in [7, 11) is 1.57. The van der Waals surface area contributed by atoms with Crippen LogP contribution in [-0.4, -0.2) is 18.1 Å². The summed E-state index contributed by atoms with van der Waals surface area (Å²) in [5.41, 5.74) is 2.57. The molecule has 0 aliphatic rings. The van der Waals surface area contributed by atoms with E-state index in [1.54, 1.807) is 13.2 Å². The average Bonchev–Trinajstić information content (AvgIpc) is 2.95. The number of carboxylic acid groups (broad SMARTS) is 1. The Morgan fingerprint density at radius 3 is 2.78 bits per heavy atom. The molecule has 4 nitrogen and oxygen atoms in total. The number of aromatic nitrogens is 1. The van der Waals surface area contributed by atoms with Gasteiger partial charge in [-0.25, -0.2) is 0 Å². The van der Waals surface area contributed by atoms with Crippen LogP contribution in [0.4, 0.5) is 0 Å². The first-order valence-corrected chi connectivity index (χ1v) is 7.57. The molecule has 0 amide bonds. The zero-order valence-electron chi connectivity index (χ0n) is 12.5. The number of fused-ring (bicyclic) bond motifs is 1. The molecule has 0 unspecified atom stereocenters. The first-order chi connectivity index (χ1) is 11.1. The van der Waals surface area contributed by atoms with Crippen molar-refractivity contribution in [3.8, 4) is 5.75 Å². The topological polar surface area (TPSA) is 65.2 Å². The Morgan fingerprint density at radius 2 is 2.04 bits per heavy atom. The lowest BCUT2D eigenvalue weighted by Gasteiger charge is -2.20. The van der Waals surface area contributed by atoms with Crippen LogP contribution in [0.5, 0.6) is 5.75 Å². The number of methoxy groups -OCH3 is 1. The van der Waals surface area contributed by atoms with Crippen molar-refractivity contribution in [1.82, 2.24) is 4.98 Å². The van der Waals surface area contributed by atoms with E-state index in [1.807, 2.05) is 42.6 Å². The number of para-hydroxylation sites is 1. The molecule has 23 heavy (non-hydrogen) atoms. The van der Waals surface area contributed by atoms with E-state index in [0.717, 1.165) is 22.0 Å². The van der Waals surface area contributed by atoms with Crippen molar-refractivity contribution in [2.75, 3.05) is 7.11 Å². The smallest absolute Gasteiger partial charge is 0.122 e. The SMILES string of the molecule is COc1ccccc1[C@H](CC(=O)[O-])c1c[nH]c2ccc(Cl)cc12. The molecule has 3 aromatic rings. The highest BCUT2D eigenvalue weighted by molar-refractivity contribution is 6.31. The molecular weight excluding hydrogens is 314 g/mol. The third kappa shape index (κ3) is 3.03. The first-order valence-electron chi connectivity index (χ1n) is 7.19. The minimum absolute atomic E-state index is 0.139. The molecule has 3 rings (SSSR count). The van der Waals surface area contributed by atoms with Crippen molar-refractivity contribution in [1.29, 1.82) is 0 Å². The molecule has 0 aliphatic heterocycles. The molecule has 0 saturated carbocycles. The van der Waals surface area contributed by atoms with Crippen LogP contribution in [0.1, 0.15) is 23.5 Å². The second-order valence-corrected chi connectivity index (χ2v) is 5.74. The third-order valence-corrected chi connectivity index (χ3v) is 4.17. The third-order valence-electron chi connectivity index (χ3n) is 3.94. The van der Waals surface area contributed by atoms with E-state index in [0.29, 0.717) is 10.8 Å². The molecule has 1 heterocycles. The van der Waals surface area contributed by atoms with Gasteiger partial charge in [0.1, 0.15) is 5.75 Å². The summed E-state index contributed by atoms with van der Waals surface area (Å²) < 4.78 is 5.39. The predicted molar refractivity (Wildman–Crippen MR) is 87.8 cm³/mol. The number of carbonyl (C=O) groups is 1. The van der Waals surface area contributed by atoms with Gasteiger partial charge in [-0.1, -0.05) is 29.8 Å². The van der Waals surface area contributed by atoms with Crippen molar-refractivity contribution >= 4 is 28.5 Å². The van der Waals surface area contributed by atoms with Gasteiger partial charge in [-0.2, -0.15) is 0 Å². The molecule has 2 aromatic carbocycles. The van der Waals surface area contributed by atoms with Crippen LogP contribution in [-0.2, 0) is 4.79 Å². The highest BCUT2D eigenvalue weighted by Gasteiger charge is 2.21. The van der Waals surface area contributed by atoms with Crippen LogP contribution in [0.2, 0.25) is 5.02 Å². The molecule has 1 N–H and O–H groups in total. The standard InChI is InChI=1S/C18H16ClNO3/c1-23-17-5-3-2-4-12(17)13(9-18(21)22)15-10-20-16-7-6-11(19)8-14(15)16/h2-8,10,13,20H,9H2,1H3,(H,21,22)/p-1/t13-/m0/s1. The monoisotopic (exact) mass is 328 g/mol. The van der Waals surface area contributed by atoms with E-state index in [9.17, 15) is 9.90 Å². The van der Waals surface area contributed by atoms with Crippen LogP contribution in [0.15, 0.2) is 48.7 Å². The number of hydrogen-bond donors (Lipinski definition) is 1. The summed E-state index contributed by atoms with van der Waals surface area (Å²) in [6, 6.07) is 12.9. The fraction of sp³-hybridized carbons (Fsp3) is 0.167. The van der Waals surface area contributed by atoms with Crippen LogP contribution < -0.4 is 9.84 Å². The Bertz CT molecular complexity index is 856. The highest BCUT2D eigenvalue weighted by atomic mass is 35.5. The number of ether oxygens (including phenoxy) is 1. The number of benzene rings is 2. The van der Waals surface area contributed by atoms with Crippen molar-refractivity contribution in [2.24, 2.45) is 0 Å². The van der Waals surface area contributed by atoms with Gasteiger partial charge >= 0.3 is 0 Å². The number of rotatable bonds is 5. The molecule has 1 aromatic heterocycles. The van der Waals surface area contributed by atoms with Gasteiger partial charge in [0.15, 0.2) is 0 Å². The maximum Gasteiger partial charge on any atom is 0.122 e. The van der Waals surface area contributed by atoms with E-state index >= 15 is 0 Å². The lowest BCUT2D eigenvalue weighted by Crippen LogP contribution is -2.25. The normalized spacial score (nSPS) is 12.3. The summed E-state index contributed by atoms with van der Waals surface area (Å²) in [6.07, 6.45) is 1.68. The number of aromatic amines is 1. The molecule has 5 heteroatoms. The van der Waals surface area contributed by atoms with Gasteiger partial charge in [-0.05, 0) is 36.2 Å². The van der Waals surface area contributed by atoms with Gasteiger partial charge < -0.3 is 19.6 Å². The van der Waals surface area contributed by atoms with Crippen LogP contribution >= 0.6 is 11.6 Å². The summed E-state index contributed by atoms with van der Waals surface area (Å²) in [5, 5.41) is 12.8. The molecule has 0 bridgehead atoms. The molecular formula is C18H15ClNO3-. The number of carbonyl (C=O) groups excluding carboxylic acids is 1. The largest absolute Gasteiger partial charge is 0.550 e. The summed E-state index contributed by atoms with van der Waals surface area (Å²) in [6.45, 7) is 0. The Balaban J connectivity index is 2.18. The summed E-state index contributed by atoms with van der Waals surface area (Å²) >= 11 is 6.10. The van der Waals surface area contributed by atoms with Crippen molar-refractivity contribution in [3.05, 3.63) is 64.8 Å². The molecule has 1 atom stereocenters. The quantitative estimate of drug-likeness (QED) is 0.782. The first kappa shape index (κ1) is 15.4. The number of nitrogens with one attached hydrogen (secondary N) is 1. The Labute approximate surface area is 138 Å². The summed E-state index contributed by atoms with van der Waals surface area (Å²) in [4.78, 5) is 14.5. The van der Waals surface area contributed by atoms with Crippen molar-refractivity contribution in [3.63, 3.8) is 0 Å². The lowest BCUT2D eigenvalue weighted by atomic mass is 9.87. The van der Waals surface area contributed by atoms with Crippen molar-refractivity contribution in [2.45, 2.75) is 12.3 Å². The minimum atomic E-state index is -1.11. The van der Waals surface area contributed by atoms with Gasteiger partial charge in [0.25, 0.3) is 0 Å². The molecule has 0 fully saturated rings. The summed E-state index contributed by atoms with van der Waals surface area (Å²) in [5.74, 6) is -0.851. The molecule has 0 saturated heterocycles. The number of aliphatic carboxylic acids is 1. The molecule has 0 radical (unpaired) electrons. The highest BCUT2D eigenvalue weighted by Crippen LogP contribution is 2.38. The lowest BCUT2D eigenvalue weighted by molar-refractivity contribution is -0.305. The van der Waals surface area contributed by atoms with Crippen LogP contribution in [0.25, 0.3) is 10.9 Å². The van der Waals surface area contributed by atoms with Gasteiger partial charge in [0.2, 0.25) is 0 Å². The van der Waals surface area contributed by atoms with Gasteiger partial charge in [0, 0.05) is 39.6 Å². The number of H-pyrrole nitrogens is 1. The number of halogens is 1. The minimum Gasteiger partial charge on any atom is -0.550 e. The van der Waals surface area contributed by atoms with Crippen molar-refractivity contribution < 1.29 is 14.6 Å². The fourth-order valence-corrected chi connectivity index (χ4v) is 3.08. The number of carboxylic acids is 1. The Hall–Kier alpha value is -2.46. The van der Waals surface area contributed by atoms with Crippen LogP contribution in [0, 0.1) is 0 Å². The fourth-order valence-electron chi connectivity index (χ4n) is 2.91. The van der Waals surface area contributed by atoms with Crippen LogP contribution in [0.3, 0.4) is 0 Å². The second-order valence-electron chi connectivity index (χ2n) is 5.30. The number of hydrogen-bond acceptors (Lipinski definition) is 3. The van der Waals surface area contributed by atoms with Gasteiger partial charge in [-0.15, -0.1) is 0 Å². The van der Waals surface area contributed by atoms with E-state index < -0.39 is 5.97 Å². The van der Waals surface area contributed by atoms with E-state index in [1.165, 1.54) is 0 Å². The molecule has 0 aliphatic carbocycles.